The van der Waals surface area contributed by atoms with Crippen molar-refractivity contribution in [2.24, 2.45) is 7.05 Å². The van der Waals surface area contributed by atoms with Crippen LogP contribution >= 0.6 is 23.2 Å². The zero-order chi connectivity index (χ0) is 41.0. The first-order valence-electron chi connectivity index (χ1n) is 19.3. The molecular weight excluding hydrogens is 773 g/mol. The van der Waals surface area contributed by atoms with Gasteiger partial charge >= 0.3 is 5.97 Å². The van der Waals surface area contributed by atoms with Crippen LogP contribution in [0.2, 0.25) is 10.0 Å². The van der Waals surface area contributed by atoms with Crippen molar-refractivity contribution in [3.05, 3.63) is 128 Å². The van der Waals surface area contributed by atoms with Crippen LogP contribution in [0.3, 0.4) is 0 Å². The summed E-state index contributed by atoms with van der Waals surface area (Å²) in [5.74, 6) is 0.638. The van der Waals surface area contributed by atoms with Crippen molar-refractivity contribution >= 4 is 62.6 Å². The molecule has 12 heteroatoms. The van der Waals surface area contributed by atoms with Crippen LogP contribution in [0.25, 0.3) is 32.9 Å². The average Bonchev–Trinajstić information content (AvgIpc) is 3.87. The predicted molar refractivity (Wildman–Crippen MR) is 230 cm³/mol. The molecule has 1 aliphatic heterocycles. The van der Waals surface area contributed by atoms with Gasteiger partial charge in [0, 0.05) is 58.3 Å². The number of aromatic nitrogens is 4. The van der Waals surface area contributed by atoms with Crippen LogP contribution in [0.15, 0.2) is 72.8 Å². The van der Waals surface area contributed by atoms with E-state index in [1.807, 2.05) is 106 Å². The number of benzene rings is 4. The Balaban J connectivity index is 1.26. The van der Waals surface area contributed by atoms with Gasteiger partial charge in [-0.25, -0.2) is 4.79 Å². The molecule has 1 atom stereocenters. The molecule has 0 saturated heterocycles. The lowest BCUT2D eigenvalue weighted by Gasteiger charge is -2.34. The number of aromatic amines is 1. The highest BCUT2D eigenvalue weighted by Crippen LogP contribution is 2.46. The molecular formula is C46H45Cl2N5O5. The number of fused-ring (bicyclic) bond motifs is 4. The number of aryl methyl sites for hydroxylation is 5. The first-order chi connectivity index (χ1) is 27.9. The molecule has 298 valence electrons. The summed E-state index contributed by atoms with van der Waals surface area (Å²) < 4.78 is 21.7. The number of nitrogens with one attached hydrogen (secondary N) is 1. The zero-order valence-corrected chi connectivity index (χ0v) is 35.1. The summed E-state index contributed by atoms with van der Waals surface area (Å²) in [7, 11) is 3.27. The molecule has 8 rings (SSSR count). The highest BCUT2D eigenvalue weighted by atomic mass is 35.5. The third-order valence-electron chi connectivity index (χ3n) is 11.2. The van der Waals surface area contributed by atoms with Crippen molar-refractivity contribution in [2.45, 2.75) is 60.1 Å². The van der Waals surface area contributed by atoms with Crippen LogP contribution in [0, 0.1) is 27.7 Å². The van der Waals surface area contributed by atoms with Crippen LogP contribution in [0.1, 0.15) is 74.0 Å². The Hall–Kier alpha value is -5.71. The van der Waals surface area contributed by atoms with Crippen molar-refractivity contribution in [3.8, 4) is 22.6 Å². The lowest BCUT2D eigenvalue weighted by Crippen LogP contribution is -2.42. The average molecular weight is 819 g/mol. The summed E-state index contributed by atoms with van der Waals surface area (Å²) in [5.41, 5.74) is 10.5. The van der Waals surface area contributed by atoms with Crippen LogP contribution in [0.5, 0.6) is 11.5 Å². The van der Waals surface area contributed by atoms with Crippen molar-refractivity contribution in [1.82, 2.24) is 19.3 Å². The Morgan fingerprint density at radius 2 is 1.66 bits per heavy atom. The normalized spacial score (nSPS) is 14.1. The van der Waals surface area contributed by atoms with Crippen molar-refractivity contribution in [2.75, 3.05) is 25.2 Å². The van der Waals surface area contributed by atoms with Crippen molar-refractivity contribution in [1.29, 1.82) is 0 Å². The van der Waals surface area contributed by atoms with Gasteiger partial charge in [0.25, 0.3) is 5.91 Å². The molecule has 0 bridgehead atoms. The fourth-order valence-corrected chi connectivity index (χ4v) is 8.75. The van der Waals surface area contributed by atoms with Gasteiger partial charge in [-0.1, -0.05) is 59.6 Å². The summed E-state index contributed by atoms with van der Waals surface area (Å²) in [6, 6.07) is 23.0. The minimum Gasteiger partial charge on any atom is -0.494 e. The van der Waals surface area contributed by atoms with E-state index in [4.69, 9.17) is 42.5 Å². The number of hydrogen-bond donors (Lipinski definition) is 1. The van der Waals surface area contributed by atoms with Gasteiger partial charge in [-0.05, 0) is 100 Å². The quantitative estimate of drug-likeness (QED) is 0.103. The van der Waals surface area contributed by atoms with E-state index in [-0.39, 0.29) is 17.6 Å². The molecule has 1 N–H and O–H groups in total. The zero-order valence-electron chi connectivity index (χ0n) is 33.6. The Morgan fingerprint density at radius 1 is 0.931 bits per heavy atom. The van der Waals surface area contributed by atoms with Gasteiger partial charge in [0.05, 0.1) is 41.2 Å². The van der Waals surface area contributed by atoms with Crippen LogP contribution in [0.4, 0.5) is 5.69 Å². The molecule has 0 unspecified atom stereocenters. The third-order valence-corrected chi connectivity index (χ3v) is 12.1. The van der Waals surface area contributed by atoms with Crippen LogP contribution < -0.4 is 14.4 Å². The van der Waals surface area contributed by atoms with Crippen molar-refractivity contribution in [3.63, 3.8) is 0 Å². The SMILES string of the molecule is COC(=O)c1cc2cc(OCc3ccccc3)cc(N3C[C@@H](C)n4c(c(CCCOc5cc(C)c(Cl)c(C)c5)c5ccc(Cl)c(-c6c(C)nn(C)c6C)c54)C3=O)c2[nH]1. The summed E-state index contributed by atoms with van der Waals surface area (Å²) in [4.78, 5) is 33.2. The number of methoxy groups -OCH3 is 1. The Labute approximate surface area is 347 Å². The van der Waals surface area contributed by atoms with Gasteiger partial charge in [-0.15, -0.1) is 0 Å². The molecule has 0 saturated carbocycles. The number of nitrogens with zero attached hydrogens (tertiary/aromatic N) is 4. The second-order valence-electron chi connectivity index (χ2n) is 15.1. The number of halogens is 2. The maximum Gasteiger partial charge on any atom is 0.354 e. The molecule has 4 aromatic carbocycles. The lowest BCUT2D eigenvalue weighted by atomic mass is 9.98. The molecule has 58 heavy (non-hydrogen) atoms. The van der Waals surface area contributed by atoms with E-state index >= 15 is 4.79 Å². The standard InChI is InChI=1S/C46H45Cl2N5O5/c1-25-18-32(19-26(2)41(25)48)57-17-11-14-34-35-15-16-36(47)40(39-28(4)50-51(6)29(39)5)43(35)53-27(3)23-52(45(54)44(34)53)38-22-33(58-24-30-12-9-8-10-13-30)20-31-21-37(46(55)56-7)49-42(31)38/h8-10,12-13,15-16,18-22,27,49H,11,14,17,23-24H2,1-7H3/t27-/m1/s1. The van der Waals surface area contributed by atoms with E-state index in [2.05, 4.69) is 16.5 Å². The highest BCUT2D eigenvalue weighted by Gasteiger charge is 2.38. The Bertz CT molecular complexity index is 2730. The maximum absolute atomic E-state index is 15.4. The lowest BCUT2D eigenvalue weighted by molar-refractivity contribution is 0.0595. The highest BCUT2D eigenvalue weighted by molar-refractivity contribution is 6.35. The van der Waals surface area contributed by atoms with Crippen LogP contribution in [-0.4, -0.2) is 51.5 Å². The molecule has 4 heterocycles. The molecule has 1 amide bonds. The number of carbonyl (C=O) groups excluding carboxylic acids is 2. The molecule has 1 aliphatic rings. The number of esters is 1. The Morgan fingerprint density at radius 3 is 2.34 bits per heavy atom. The van der Waals surface area contributed by atoms with Gasteiger partial charge in [0.2, 0.25) is 0 Å². The van der Waals surface area contributed by atoms with Crippen molar-refractivity contribution < 1.29 is 23.8 Å². The topological polar surface area (TPSA) is 104 Å². The number of anilines is 1. The number of H-pyrrole nitrogens is 1. The molecule has 3 aromatic heterocycles. The van der Waals surface area contributed by atoms with E-state index in [0.29, 0.717) is 65.7 Å². The fourth-order valence-electron chi connectivity index (χ4n) is 8.39. The number of rotatable bonds is 11. The van der Waals surface area contributed by atoms with Gasteiger partial charge < -0.3 is 28.7 Å². The number of hydrogen-bond acceptors (Lipinski definition) is 6. The second-order valence-corrected chi connectivity index (χ2v) is 15.9. The van der Waals surface area contributed by atoms with E-state index in [1.54, 1.807) is 11.0 Å². The van der Waals surface area contributed by atoms with E-state index in [9.17, 15) is 4.79 Å². The molecule has 0 spiro atoms. The second kappa shape index (κ2) is 15.6. The molecule has 0 fully saturated rings. The first kappa shape index (κ1) is 39.1. The number of carbonyl (C=O) groups is 2. The minimum absolute atomic E-state index is 0.174. The fraction of sp³-hybridized carbons (Fsp3) is 0.283. The Kier molecular flexibility index (Phi) is 10.5. The van der Waals surface area contributed by atoms with Gasteiger partial charge in [0.15, 0.2) is 0 Å². The van der Waals surface area contributed by atoms with E-state index in [1.165, 1.54) is 7.11 Å². The third kappa shape index (κ3) is 6.88. The summed E-state index contributed by atoms with van der Waals surface area (Å²) in [6.45, 7) is 11.2. The minimum atomic E-state index is -0.508. The molecule has 10 nitrogen and oxygen atoms in total. The van der Waals surface area contributed by atoms with E-state index < -0.39 is 5.97 Å². The monoisotopic (exact) mass is 817 g/mol. The predicted octanol–water partition coefficient (Wildman–Crippen LogP) is 10.7. The molecule has 0 radical (unpaired) electrons. The van der Waals surface area contributed by atoms with Crippen LogP contribution in [-0.2, 0) is 24.8 Å². The summed E-state index contributed by atoms with van der Waals surface area (Å²) in [5, 5.41) is 7.73. The van der Waals surface area contributed by atoms with Gasteiger partial charge in [-0.2, -0.15) is 5.10 Å². The molecule has 7 aromatic rings. The maximum atomic E-state index is 15.4. The summed E-state index contributed by atoms with van der Waals surface area (Å²) >= 11 is 13.6. The largest absolute Gasteiger partial charge is 0.494 e. The first-order valence-corrected chi connectivity index (χ1v) is 20.1. The summed E-state index contributed by atoms with van der Waals surface area (Å²) in [6.07, 6.45) is 1.21. The van der Waals surface area contributed by atoms with Gasteiger partial charge in [-0.3, -0.25) is 9.48 Å². The number of amides is 1. The number of ether oxygens (including phenoxy) is 3. The van der Waals surface area contributed by atoms with Gasteiger partial charge in [0.1, 0.15) is 29.5 Å². The molecule has 0 aliphatic carbocycles. The smallest absolute Gasteiger partial charge is 0.354 e. The van der Waals surface area contributed by atoms with E-state index in [0.717, 1.165) is 66.4 Å².